The third-order valence-electron chi connectivity index (χ3n) is 2.67. The molecule has 2 rings (SSSR count). The number of anilines is 2. The SMILES string of the molecule is Nc1ccc([N+](=O)[O-])cc1C(=O)Nc1ccc(F)cc1Cl. The number of nitro groups is 1. The first-order chi connectivity index (χ1) is 9.88. The van der Waals surface area contributed by atoms with Crippen LogP contribution in [0.2, 0.25) is 5.02 Å². The zero-order valence-electron chi connectivity index (χ0n) is 10.5. The largest absolute Gasteiger partial charge is 0.398 e. The lowest BCUT2D eigenvalue weighted by Gasteiger charge is -2.09. The van der Waals surface area contributed by atoms with Gasteiger partial charge < -0.3 is 11.1 Å². The van der Waals surface area contributed by atoms with Gasteiger partial charge in [0.1, 0.15) is 5.82 Å². The molecule has 108 valence electrons. The van der Waals surface area contributed by atoms with Crippen molar-refractivity contribution in [2.45, 2.75) is 0 Å². The molecule has 3 N–H and O–H groups in total. The molecular weight excluding hydrogens is 301 g/mol. The van der Waals surface area contributed by atoms with Crippen LogP contribution in [0.25, 0.3) is 0 Å². The van der Waals surface area contributed by atoms with E-state index in [9.17, 15) is 19.3 Å². The smallest absolute Gasteiger partial charge is 0.270 e. The zero-order valence-corrected chi connectivity index (χ0v) is 11.2. The summed E-state index contributed by atoms with van der Waals surface area (Å²) in [6.45, 7) is 0. The van der Waals surface area contributed by atoms with Crippen molar-refractivity contribution in [2.24, 2.45) is 0 Å². The Bertz CT molecular complexity index is 737. The number of nitrogen functional groups attached to an aromatic ring is 1. The molecule has 0 aliphatic rings. The maximum absolute atomic E-state index is 12.9. The predicted molar refractivity (Wildman–Crippen MR) is 76.9 cm³/mol. The number of non-ortho nitro benzene ring substituents is 1. The number of nitrogens with two attached hydrogens (primary N) is 1. The highest BCUT2D eigenvalue weighted by Crippen LogP contribution is 2.25. The van der Waals surface area contributed by atoms with Crippen molar-refractivity contribution < 1.29 is 14.1 Å². The number of carbonyl (C=O) groups excluding carboxylic acids is 1. The number of benzene rings is 2. The van der Waals surface area contributed by atoms with E-state index >= 15 is 0 Å². The monoisotopic (exact) mass is 309 g/mol. The number of nitro benzene ring substituents is 1. The fourth-order valence-electron chi connectivity index (χ4n) is 1.63. The van der Waals surface area contributed by atoms with Crippen LogP contribution in [-0.4, -0.2) is 10.8 Å². The Hall–Kier alpha value is -2.67. The molecule has 8 heteroatoms. The lowest BCUT2D eigenvalue weighted by Crippen LogP contribution is -2.14. The molecule has 0 aliphatic carbocycles. The number of rotatable bonds is 3. The van der Waals surface area contributed by atoms with Crippen molar-refractivity contribution >= 4 is 34.6 Å². The summed E-state index contributed by atoms with van der Waals surface area (Å²) in [7, 11) is 0. The Morgan fingerprint density at radius 1 is 1.29 bits per heavy atom. The Labute approximate surface area is 123 Å². The van der Waals surface area contributed by atoms with Gasteiger partial charge in [0.25, 0.3) is 11.6 Å². The number of nitrogens with one attached hydrogen (secondary N) is 1. The van der Waals surface area contributed by atoms with Crippen LogP contribution in [0.3, 0.4) is 0 Å². The van der Waals surface area contributed by atoms with Gasteiger partial charge in [0.2, 0.25) is 0 Å². The Balaban J connectivity index is 2.32. The molecule has 2 aromatic carbocycles. The van der Waals surface area contributed by atoms with E-state index in [1.54, 1.807) is 0 Å². The maximum atomic E-state index is 12.9. The van der Waals surface area contributed by atoms with Crippen LogP contribution in [-0.2, 0) is 0 Å². The van der Waals surface area contributed by atoms with E-state index in [1.807, 2.05) is 0 Å². The standard InChI is InChI=1S/C13H9ClFN3O3/c14-10-5-7(15)1-4-12(10)17-13(19)9-6-8(18(20)21)2-3-11(9)16/h1-6H,16H2,(H,17,19). The summed E-state index contributed by atoms with van der Waals surface area (Å²) >= 11 is 5.79. The van der Waals surface area contributed by atoms with E-state index < -0.39 is 16.6 Å². The van der Waals surface area contributed by atoms with Crippen LogP contribution in [0, 0.1) is 15.9 Å². The van der Waals surface area contributed by atoms with Crippen LogP contribution in [0.5, 0.6) is 0 Å². The van der Waals surface area contributed by atoms with Gasteiger partial charge in [0, 0.05) is 17.8 Å². The van der Waals surface area contributed by atoms with Gasteiger partial charge in [-0.3, -0.25) is 14.9 Å². The Morgan fingerprint density at radius 3 is 2.62 bits per heavy atom. The quantitative estimate of drug-likeness (QED) is 0.516. The topological polar surface area (TPSA) is 98.3 Å². The van der Waals surface area contributed by atoms with Gasteiger partial charge in [-0.15, -0.1) is 0 Å². The van der Waals surface area contributed by atoms with Gasteiger partial charge in [-0.25, -0.2) is 4.39 Å². The van der Waals surface area contributed by atoms with E-state index in [4.69, 9.17) is 17.3 Å². The first kappa shape index (κ1) is 14.7. The van der Waals surface area contributed by atoms with Crippen LogP contribution in [0.15, 0.2) is 36.4 Å². The van der Waals surface area contributed by atoms with Gasteiger partial charge in [-0.2, -0.15) is 0 Å². The number of hydrogen-bond acceptors (Lipinski definition) is 4. The molecule has 0 heterocycles. The number of hydrogen-bond donors (Lipinski definition) is 2. The van der Waals surface area contributed by atoms with Gasteiger partial charge >= 0.3 is 0 Å². The molecule has 0 aromatic heterocycles. The lowest BCUT2D eigenvalue weighted by molar-refractivity contribution is -0.384. The summed E-state index contributed by atoms with van der Waals surface area (Å²) in [6.07, 6.45) is 0. The molecule has 0 bridgehead atoms. The molecule has 0 unspecified atom stereocenters. The highest BCUT2D eigenvalue weighted by Gasteiger charge is 2.16. The molecule has 0 atom stereocenters. The van der Waals surface area contributed by atoms with Crippen molar-refractivity contribution in [3.05, 3.63) is 62.9 Å². The minimum atomic E-state index is -0.676. The highest BCUT2D eigenvalue weighted by atomic mass is 35.5. The number of nitrogens with zero attached hydrogens (tertiary/aromatic N) is 1. The minimum absolute atomic E-state index is 0.00681. The molecule has 0 saturated carbocycles. The summed E-state index contributed by atoms with van der Waals surface area (Å²) in [6, 6.07) is 6.95. The molecule has 0 saturated heterocycles. The molecule has 0 aliphatic heterocycles. The van der Waals surface area contributed by atoms with Crippen LogP contribution in [0.1, 0.15) is 10.4 Å². The number of amides is 1. The first-order valence-electron chi connectivity index (χ1n) is 5.69. The second kappa shape index (κ2) is 5.76. The number of carbonyl (C=O) groups is 1. The Kier molecular flexibility index (Phi) is 4.04. The third kappa shape index (κ3) is 3.26. The summed E-state index contributed by atoms with van der Waals surface area (Å²) in [4.78, 5) is 22.2. The van der Waals surface area contributed by atoms with Crippen molar-refractivity contribution in [2.75, 3.05) is 11.1 Å². The van der Waals surface area contributed by atoms with Crippen LogP contribution < -0.4 is 11.1 Å². The van der Waals surface area contributed by atoms with Crippen LogP contribution >= 0.6 is 11.6 Å². The molecule has 0 radical (unpaired) electrons. The summed E-state index contributed by atoms with van der Waals surface area (Å²) in [5.74, 6) is -1.22. The van der Waals surface area contributed by atoms with E-state index in [-0.39, 0.29) is 27.6 Å². The second-order valence-corrected chi connectivity index (χ2v) is 4.51. The van der Waals surface area contributed by atoms with E-state index in [0.717, 1.165) is 18.2 Å². The normalized spacial score (nSPS) is 10.2. The zero-order chi connectivity index (χ0) is 15.6. The van der Waals surface area contributed by atoms with E-state index in [0.29, 0.717) is 0 Å². The minimum Gasteiger partial charge on any atom is -0.398 e. The van der Waals surface area contributed by atoms with Gasteiger partial charge in [-0.05, 0) is 24.3 Å². The third-order valence-corrected chi connectivity index (χ3v) is 2.98. The van der Waals surface area contributed by atoms with Gasteiger partial charge in [-0.1, -0.05) is 11.6 Å². The van der Waals surface area contributed by atoms with Crippen molar-refractivity contribution in [1.82, 2.24) is 0 Å². The van der Waals surface area contributed by atoms with E-state index in [1.165, 1.54) is 18.2 Å². The first-order valence-corrected chi connectivity index (χ1v) is 6.06. The summed E-state index contributed by atoms with van der Waals surface area (Å²) < 4.78 is 12.9. The van der Waals surface area contributed by atoms with Crippen LogP contribution in [0.4, 0.5) is 21.5 Å². The van der Waals surface area contributed by atoms with Gasteiger partial charge in [0.05, 0.1) is 21.2 Å². The van der Waals surface area contributed by atoms with Gasteiger partial charge in [0.15, 0.2) is 0 Å². The van der Waals surface area contributed by atoms with Crippen molar-refractivity contribution in [1.29, 1.82) is 0 Å². The van der Waals surface area contributed by atoms with Crippen molar-refractivity contribution in [3.63, 3.8) is 0 Å². The Morgan fingerprint density at radius 2 is 2.00 bits per heavy atom. The predicted octanol–water partition coefficient (Wildman–Crippen LogP) is 3.22. The second-order valence-electron chi connectivity index (χ2n) is 4.11. The fraction of sp³-hybridized carbons (Fsp3) is 0. The van der Waals surface area contributed by atoms with Crippen molar-refractivity contribution in [3.8, 4) is 0 Å². The summed E-state index contributed by atoms with van der Waals surface area (Å²) in [5, 5.41) is 13.1. The van der Waals surface area contributed by atoms with E-state index in [2.05, 4.69) is 5.32 Å². The molecule has 21 heavy (non-hydrogen) atoms. The lowest BCUT2D eigenvalue weighted by atomic mass is 10.1. The molecule has 0 spiro atoms. The molecule has 6 nitrogen and oxygen atoms in total. The molecule has 2 aromatic rings. The molecule has 1 amide bonds. The average Bonchev–Trinajstić information content (AvgIpc) is 2.42. The molecular formula is C13H9ClFN3O3. The highest BCUT2D eigenvalue weighted by molar-refractivity contribution is 6.34. The maximum Gasteiger partial charge on any atom is 0.270 e. The number of halogens is 2. The summed E-state index contributed by atoms with van der Waals surface area (Å²) in [5.41, 5.74) is 5.56. The average molecular weight is 310 g/mol. The molecule has 0 fully saturated rings. The fourth-order valence-corrected chi connectivity index (χ4v) is 1.85.